The predicted molar refractivity (Wildman–Crippen MR) is 183 cm³/mol. The van der Waals surface area contributed by atoms with Crippen LogP contribution in [-0.2, 0) is 22.4 Å². The normalized spacial score (nSPS) is 21.0. The van der Waals surface area contributed by atoms with Gasteiger partial charge in [-0.25, -0.2) is 0 Å². The Kier molecular flexibility index (Phi) is 14.3. The number of aromatic nitrogens is 2. The first-order valence-corrected chi connectivity index (χ1v) is 21.9. The summed E-state index contributed by atoms with van der Waals surface area (Å²) in [5.41, 5.74) is 6.71. The van der Waals surface area contributed by atoms with Gasteiger partial charge in [-0.05, 0) is 85.5 Å². The van der Waals surface area contributed by atoms with E-state index in [0.717, 1.165) is 74.1 Å². The van der Waals surface area contributed by atoms with Crippen molar-refractivity contribution in [3.63, 3.8) is 0 Å². The number of pyridine rings is 2. The number of ketones is 2. The molecule has 56 heavy (non-hydrogen) atoms. The maximum atomic E-state index is 12.5. The summed E-state index contributed by atoms with van der Waals surface area (Å²) in [6.07, 6.45) is 15.4. The molecule has 4 fully saturated rings. The minimum Gasteiger partial charge on any atom is -0.393 e. The molecule has 4 heterocycles. The smallest absolute Gasteiger partial charge is 0.393 e. The number of hydrogen-bond acceptors (Lipinski definition) is 15. The van der Waals surface area contributed by atoms with Crippen LogP contribution in [0.15, 0.2) is 35.7 Å². The summed E-state index contributed by atoms with van der Waals surface area (Å²) < 4.78 is 34.5. The van der Waals surface area contributed by atoms with E-state index >= 15 is 0 Å². The zero-order valence-corrected chi connectivity index (χ0v) is 35.5. The van der Waals surface area contributed by atoms with E-state index in [1.807, 2.05) is 0 Å². The van der Waals surface area contributed by atoms with Crippen molar-refractivity contribution in [1.82, 2.24) is 19.8 Å². The van der Waals surface area contributed by atoms with Gasteiger partial charge in [0.2, 0.25) is 0 Å². The number of rotatable bonds is 5. The number of nitrogens with zero attached hydrogens (tertiary/aromatic N) is 6. The SMILES string of the molecule is N#CC1=C(N2CCC3(CCC3)CC2)c2cc(C(O)CO)ncc2CC1=O.N#CC1=C(N2CCC3(CCC3)CC2)c2cc(C=O)ncc2CC1=O.[Na+].[O-][I+3]([O-])([O-])[O-]. The molecule has 6 aliphatic rings. The summed E-state index contributed by atoms with van der Waals surface area (Å²) in [6.45, 7) is 3.00. The average Bonchev–Trinajstić information content (AvgIpc) is 3.14. The monoisotopic (exact) mass is 888 g/mol. The minimum atomic E-state index is -5.94. The van der Waals surface area contributed by atoms with E-state index < -0.39 is 32.8 Å². The second-order valence-electron chi connectivity index (χ2n) is 15.3. The van der Waals surface area contributed by atoms with Crippen molar-refractivity contribution in [2.75, 3.05) is 32.8 Å². The fourth-order valence-corrected chi connectivity index (χ4v) is 8.77. The van der Waals surface area contributed by atoms with Gasteiger partial charge >= 0.3 is 29.6 Å². The van der Waals surface area contributed by atoms with E-state index in [1.54, 1.807) is 24.5 Å². The van der Waals surface area contributed by atoms with Crippen LogP contribution in [-0.4, -0.2) is 80.6 Å². The molecule has 17 heteroatoms. The summed E-state index contributed by atoms with van der Waals surface area (Å²) >= 11 is -5.94. The number of nitriles is 2. The van der Waals surface area contributed by atoms with E-state index in [2.05, 4.69) is 31.9 Å². The molecule has 290 valence electrons. The van der Waals surface area contributed by atoms with E-state index in [9.17, 15) is 35.1 Å². The Balaban J connectivity index is 0.000000189. The Morgan fingerprint density at radius 3 is 1.54 bits per heavy atom. The summed E-state index contributed by atoms with van der Waals surface area (Å²) in [4.78, 5) is 48.6. The maximum Gasteiger partial charge on any atom is 1.00 e. The Hall–Kier alpha value is -3.14. The number of carbonyl (C=O) groups is 3. The van der Waals surface area contributed by atoms with Crippen LogP contribution in [0.5, 0.6) is 0 Å². The number of hydrogen-bond donors (Lipinski definition) is 2. The van der Waals surface area contributed by atoms with Crippen LogP contribution in [0.3, 0.4) is 0 Å². The summed E-state index contributed by atoms with van der Waals surface area (Å²) in [7, 11) is 0. The molecular formula is C39H42IN6NaO9. The van der Waals surface area contributed by atoms with Crippen molar-refractivity contribution < 1.29 is 88.0 Å². The van der Waals surface area contributed by atoms with E-state index in [1.165, 1.54) is 38.5 Å². The molecule has 2 saturated heterocycles. The van der Waals surface area contributed by atoms with Crippen LogP contribution in [0, 0.1) is 33.5 Å². The van der Waals surface area contributed by atoms with Crippen LogP contribution >= 0.6 is 0 Å². The number of fused-ring (bicyclic) bond motifs is 2. The van der Waals surface area contributed by atoms with Crippen molar-refractivity contribution in [3.8, 4) is 12.1 Å². The number of carbonyl (C=O) groups excluding carboxylic acids is 3. The topological polar surface area (TPSA) is 264 Å². The van der Waals surface area contributed by atoms with E-state index in [-0.39, 0.29) is 65.1 Å². The van der Waals surface area contributed by atoms with Gasteiger partial charge in [0.15, 0.2) is 17.9 Å². The summed E-state index contributed by atoms with van der Waals surface area (Å²) in [6, 6.07) is 7.66. The first kappa shape index (κ1) is 44.0. The molecule has 0 amide bonds. The van der Waals surface area contributed by atoms with Gasteiger partial charge in [-0.2, -0.15) is 10.5 Å². The summed E-state index contributed by atoms with van der Waals surface area (Å²) in [5.74, 6) is -0.319. The first-order valence-electron chi connectivity index (χ1n) is 18.4. The van der Waals surface area contributed by atoms with Gasteiger partial charge in [-0.3, -0.25) is 38.1 Å². The van der Waals surface area contributed by atoms with Gasteiger partial charge in [0.1, 0.15) is 55.2 Å². The van der Waals surface area contributed by atoms with Gasteiger partial charge in [0, 0.05) is 62.5 Å². The Bertz CT molecular complexity index is 1990. The fourth-order valence-electron chi connectivity index (χ4n) is 8.77. The van der Waals surface area contributed by atoms with Gasteiger partial charge in [-0.15, -0.1) is 0 Å². The average molecular weight is 889 g/mol. The van der Waals surface area contributed by atoms with Gasteiger partial charge in [-0.1, -0.05) is 12.8 Å². The van der Waals surface area contributed by atoms with Crippen LogP contribution in [0.1, 0.15) is 109 Å². The van der Waals surface area contributed by atoms with E-state index in [4.69, 9.17) is 13.7 Å². The second kappa shape index (κ2) is 18.2. The number of aldehydes is 1. The van der Waals surface area contributed by atoms with Gasteiger partial charge in [0.05, 0.1) is 23.7 Å². The van der Waals surface area contributed by atoms with Crippen molar-refractivity contribution in [1.29, 1.82) is 10.5 Å². The van der Waals surface area contributed by atoms with Gasteiger partial charge in [0.25, 0.3) is 0 Å². The van der Waals surface area contributed by atoms with Crippen molar-refractivity contribution in [3.05, 3.63) is 69.3 Å². The Morgan fingerprint density at radius 1 is 0.768 bits per heavy atom. The largest absolute Gasteiger partial charge is 1.00 e. The molecule has 1 atom stereocenters. The summed E-state index contributed by atoms with van der Waals surface area (Å²) in [5, 5.41) is 38.3. The maximum absolute atomic E-state index is 12.5. The number of allylic oxidation sites excluding steroid dienone is 2. The molecule has 0 bridgehead atoms. The molecule has 15 nitrogen and oxygen atoms in total. The third kappa shape index (κ3) is 9.58. The molecule has 2 aliphatic heterocycles. The number of halogens is 1. The minimum absolute atomic E-state index is 0. The zero-order chi connectivity index (χ0) is 39.5. The van der Waals surface area contributed by atoms with Crippen LogP contribution in [0.2, 0.25) is 0 Å². The Labute approximate surface area is 353 Å². The third-order valence-electron chi connectivity index (χ3n) is 12.2. The van der Waals surface area contributed by atoms with Crippen LogP contribution in [0.25, 0.3) is 11.4 Å². The van der Waals surface area contributed by atoms with E-state index in [0.29, 0.717) is 39.9 Å². The zero-order valence-electron chi connectivity index (χ0n) is 31.3. The molecule has 2 N–H and O–H groups in total. The molecule has 2 saturated carbocycles. The standard InChI is InChI=1S/C20H23N3O3.C19H19N3O2.IO4.Na/c21-10-15-17(25)8-13-11-22-16(18(26)12-24)9-14(13)19(15)23-6-4-20(5-7-23)2-1-3-20;20-10-16-17(24)8-13-11-21-14(12-23)9-15(13)18(16)22-6-4-19(5-7-22)2-1-3-19;2-1(3,4)5;/h9,11,18,24,26H,1-8,12H2;9,11-12H,1-8H2;;/q;;-1;+1. The predicted octanol–water partition coefficient (Wildman–Crippen LogP) is -6.49. The molecule has 2 spiro atoms. The Morgan fingerprint density at radius 2 is 1.18 bits per heavy atom. The molecule has 4 aliphatic carbocycles. The van der Waals surface area contributed by atoms with Gasteiger partial charge < -0.3 is 20.0 Å². The van der Waals surface area contributed by atoms with Crippen LogP contribution < -0.4 is 63.4 Å². The molecule has 0 aromatic carbocycles. The number of aliphatic hydroxyl groups is 2. The molecule has 8 rings (SSSR count). The fraction of sp³-hybridized carbons (Fsp3) is 0.513. The van der Waals surface area contributed by atoms with Crippen molar-refractivity contribution in [2.24, 2.45) is 10.8 Å². The third-order valence-corrected chi connectivity index (χ3v) is 12.2. The molecular weight excluding hydrogens is 846 g/mol. The van der Waals surface area contributed by atoms with Crippen LogP contribution in [0.4, 0.5) is 0 Å². The van der Waals surface area contributed by atoms with Crippen molar-refractivity contribution in [2.45, 2.75) is 83.2 Å². The first-order chi connectivity index (χ1) is 26.2. The second-order valence-corrected chi connectivity index (χ2v) is 17.4. The quantitative estimate of drug-likeness (QED) is 0.161. The molecule has 1 unspecified atom stereocenters. The molecule has 0 radical (unpaired) electrons. The number of piperidine rings is 2. The molecule has 2 aromatic heterocycles. The van der Waals surface area contributed by atoms with Crippen molar-refractivity contribution >= 4 is 29.2 Å². The number of aliphatic hydroxyl groups excluding tert-OH is 2. The molecule has 2 aromatic rings. The number of likely N-dealkylation sites (tertiary alicyclic amines) is 2. The number of Topliss-reactive ketones (excluding diaryl/α,β-unsaturated/α-hetero) is 2.